The molecule has 0 unspecified atom stereocenters. The van der Waals surface area contributed by atoms with Crippen molar-refractivity contribution in [2.45, 2.75) is 59.2 Å². The summed E-state index contributed by atoms with van der Waals surface area (Å²) in [6.45, 7) is 11.3. The summed E-state index contributed by atoms with van der Waals surface area (Å²) >= 11 is 0. The molecular formula is C17H26N2O2. The van der Waals surface area contributed by atoms with E-state index in [1.165, 1.54) is 16.8 Å². The van der Waals surface area contributed by atoms with Crippen LogP contribution >= 0.6 is 0 Å². The second-order valence-corrected chi connectivity index (χ2v) is 6.89. The molecule has 1 heterocycles. The highest BCUT2D eigenvalue weighted by Gasteiger charge is 2.26. The second-order valence-electron chi connectivity index (χ2n) is 6.89. The van der Waals surface area contributed by atoms with Crippen molar-refractivity contribution in [2.75, 3.05) is 11.9 Å². The predicted octanol–water partition coefficient (Wildman–Crippen LogP) is 3.80. The number of rotatable bonds is 2. The van der Waals surface area contributed by atoms with Gasteiger partial charge in [0, 0.05) is 24.8 Å². The van der Waals surface area contributed by atoms with E-state index >= 15 is 0 Å². The Hall–Kier alpha value is -1.71. The molecule has 1 N–H and O–H groups in total. The number of nitrogens with one attached hydrogen (secondary N) is 1. The van der Waals surface area contributed by atoms with Gasteiger partial charge in [-0.3, -0.25) is 0 Å². The summed E-state index contributed by atoms with van der Waals surface area (Å²) in [7, 11) is 0. The molecule has 1 aliphatic heterocycles. The van der Waals surface area contributed by atoms with Crippen molar-refractivity contribution in [1.29, 1.82) is 0 Å². The maximum atomic E-state index is 12.2. The van der Waals surface area contributed by atoms with E-state index in [-0.39, 0.29) is 6.09 Å². The number of benzene rings is 1. The molecule has 0 saturated carbocycles. The highest BCUT2D eigenvalue weighted by atomic mass is 16.6. The van der Waals surface area contributed by atoms with Crippen molar-refractivity contribution in [3.8, 4) is 0 Å². The van der Waals surface area contributed by atoms with E-state index in [9.17, 15) is 4.79 Å². The molecule has 1 aliphatic rings. The monoisotopic (exact) mass is 290 g/mol. The third kappa shape index (κ3) is 4.13. The third-order valence-corrected chi connectivity index (χ3v) is 3.36. The molecule has 0 bridgehead atoms. The second kappa shape index (κ2) is 5.96. The number of ether oxygens (including phenoxy) is 1. The van der Waals surface area contributed by atoms with Crippen LogP contribution < -0.4 is 5.32 Å². The molecule has 1 amide bonds. The van der Waals surface area contributed by atoms with Crippen molar-refractivity contribution in [2.24, 2.45) is 0 Å². The molecule has 0 spiro atoms. The van der Waals surface area contributed by atoms with Crippen molar-refractivity contribution >= 4 is 11.8 Å². The van der Waals surface area contributed by atoms with Crippen LogP contribution in [0.1, 0.15) is 45.7 Å². The minimum absolute atomic E-state index is 0.227. The molecule has 0 aromatic heterocycles. The number of anilines is 1. The lowest BCUT2D eigenvalue weighted by Gasteiger charge is -2.32. The van der Waals surface area contributed by atoms with Gasteiger partial charge in [0.2, 0.25) is 0 Å². The molecule has 0 fully saturated rings. The smallest absolute Gasteiger partial charge is 0.410 e. The molecule has 1 aromatic rings. The quantitative estimate of drug-likeness (QED) is 0.900. The maximum absolute atomic E-state index is 12.2. The average Bonchev–Trinajstić information content (AvgIpc) is 2.35. The lowest BCUT2D eigenvalue weighted by molar-refractivity contribution is 0.0224. The van der Waals surface area contributed by atoms with Gasteiger partial charge in [-0.1, -0.05) is 12.1 Å². The van der Waals surface area contributed by atoms with Gasteiger partial charge in [-0.25, -0.2) is 4.79 Å². The van der Waals surface area contributed by atoms with Crippen molar-refractivity contribution in [3.63, 3.8) is 0 Å². The zero-order chi connectivity index (χ0) is 15.6. The fraction of sp³-hybridized carbons (Fsp3) is 0.588. The van der Waals surface area contributed by atoms with Crippen LogP contribution in [-0.4, -0.2) is 29.2 Å². The lowest BCUT2D eigenvalue weighted by Crippen LogP contribution is -2.40. The Kier molecular flexibility index (Phi) is 4.45. The van der Waals surface area contributed by atoms with Crippen LogP contribution in [0.3, 0.4) is 0 Å². The van der Waals surface area contributed by atoms with Crippen LogP contribution in [0.25, 0.3) is 0 Å². The Morgan fingerprint density at radius 3 is 2.67 bits per heavy atom. The summed E-state index contributed by atoms with van der Waals surface area (Å²) in [5.41, 5.74) is 3.27. The maximum Gasteiger partial charge on any atom is 0.410 e. The summed E-state index contributed by atoms with van der Waals surface area (Å²) in [4.78, 5) is 14.0. The summed E-state index contributed by atoms with van der Waals surface area (Å²) in [6.07, 6.45) is 0.639. The van der Waals surface area contributed by atoms with Gasteiger partial charge >= 0.3 is 6.09 Å². The van der Waals surface area contributed by atoms with Crippen LogP contribution in [0.15, 0.2) is 18.2 Å². The molecule has 0 aliphatic carbocycles. The number of fused-ring (bicyclic) bond motifs is 1. The molecule has 2 rings (SSSR count). The van der Waals surface area contributed by atoms with Gasteiger partial charge in [-0.2, -0.15) is 0 Å². The molecule has 21 heavy (non-hydrogen) atoms. The minimum atomic E-state index is -0.446. The first-order valence-electron chi connectivity index (χ1n) is 7.61. The third-order valence-electron chi connectivity index (χ3n) is 3.36. The van der Waals surface area contributed by atoms with Crippen LogP contribution in [0.4, 0.5) is 10.5 Å². The van der Waals surface area contributed by atoms with E-state index in [2.05, 4.69) is 31.3 Å². The molecule has 0 saturated heterocycles. The molecule has 0 atom stereocenters. The SMILES string of the molecule is CC(C)Nc1cccc2c1CCN(C(=O)OC(C)(C)C)C2. The average molecular weight is 290 g/mol. The predicted molar refractivity (Wildman–Crippen MR) is 85.5 cm³/mol. The van der Waals surface area contributed by atoms with Gasteiger partial charge in [0.05, 0.1) is 0 Å². The van der Waals surface area contributed by atoms with Gasteiger partial charge in [0.1, 0.15) is 5.60 Å². The van der Waals surface area contributed by atoms with Gasteiger partial charge in [-0.15, -0.1) is 0 Å². The minimum Gasteiger partial charge on any atom is -0.444 e. The zero-order valence-electron chi connectivity index (χ0n) is 13.7. The summed E-state index contributed by atoms with van der Waals surface area (Å²) in [5, 5.41) is 3.48. The number of hydrogen-bond acceptors (Lipinski definition) is 3. The zero-order valence-corrected chi connectivity index (χ0v) is 13.7. The Bertz CT molecular complexity index is 518. The summed E-state index contributed by atoms with van der Waals surface area (Å²) in [6, 6.07) is 6.65. The van der Waals surface area contributed by atoms with E-state index in [0.29, 0.717) is 19.1 Å². The largest absolute Gasteiger partial charge is 0.444 e. The highest BCUT2D eigenvalue weighted by molar-refractivity contribution is 5.69. The van der Waals surface area contributed by atoms with E-state index in [1.807, 2.05) is 26.8 Å². The molecule has 4 heteroatoms. The van der Waals surface area contributed by atoms with Gasteiger partial charge in [0.15, 0.2) is 0 Å². The van der Waals surface area contributed by atoms with E-state index < -0.39 is 5.60 Å². The van der Waals surface area contributed by atoms with Crippen LogP contribution in [0.5, 0.6) is 0 Å². The van der Waals surface area contributed by atoms with E-state index in [4.69, 9.17) is 4.74 Å². The van der Waals surface area contributed by atoms with Crippen molar-refractivity contribution < 1.29 is 9.53 Å². The standard InChI is InChI=1S/C17H26N2O2/c1-12(2)18-15-8-6-7-13-11-19(10-9-14(13)15)16(20)21-17(3,4)5/h6-8,12,18H,9-11H2,1-5H3. The number of carbonyl (C=O) groups is 1. The fourth-order valence-corrected chi connectivity index (χ4v) is 2.54. The number of hydrogen-bond donors (Lipinski definition) is 1. The first-order valence-corrected chi connectivity index (χ1v) is 7.61. The Morgan fingerprint density at radius 2 is 2.05 bits per heavy atom. The Balaban J connectivity index is 2.12. The number of amides is 1. The Labute approximate surface area is 127 Å². The normalized spacial score (nSPS) is 14.9. The summed E-state index contributed by atoms with van der Waals surface area (Å²) in [5.74, 6) is 0. The summed E-state index contributed by atoms with van der Waals surface area (Å²) < 4.78 is 5.46. The van der Waals surface area contributed by atoms with E-state index in [1.54, 1.807) is 4.90 Å². The topological polar surface area (TPSA) is 41.6 Å². The van der Waals surface area contributed by atoms with Crippen molar-refractivity contribution in [1.82, 2.24) is 4.90 Å². The Morgan fingerprint density at radius 1 is 1.33 bits per heavy atom. The first-order chi connectivity index (χ1) is 9.76. The molecule has 1 aromatic carbocycles. The molecule has 116 valence electrons. The van der Waals surface area contributed by atoms with Gasteiger partial charge in [-0.05, 0) is 58.2 Å². The molecule has 4 nitrogen and oxygen atoms in total. The lowest BCUT2D eigenvalue weighted by atomic mass is 9.97. The fourth-order valence-electron chi connectivity index (χ4n) is 2.54. The van der Waals surface area contributed by atoms with Gasteiger partial charge < -0.3 is 15.0 Å². The van der Waals surface area contributed by atoms with Crippen LogP contribution in [-0.2, 0) is 17.7 Å². The van der Waals surface area contributed by atoms with E-state index in [0.717, 1.165) is 6.42 Å². The molecule has 0 radical (unpaired) electrons. The van der Waals surface area contributed by atoms with Crippen LogP contribution in [0.2, 0.25) is 0 Å². The van der Waals surface area contributed by atoms with Gasteiger partial charge in [0.25, 0.3) is 0 Å². The highest BCUT2D eigenvalue weighted by Crippen LogP contribution is 2.27. The van der Waals surface area contributed by atoms with Crippen molar-refractivity contribution in [3.05, 3.63) is 29.3 Å². The number of nitrogens with zero attached hydrogens (tertiary/aromatic N) is 1. The molecular weight excluding hydrogens is 264 g/mol. The first kappa shape index (κ1) is 15.7. The number of carbonyl (C=O) groups excluding carboxylic acids is 1. The van der Waals surface area contributed by atoms with Crippen LogP contribution in [0, 0.1) is 0 Å².